The Morgan fingerprint density at radius 1 is 0.173 bits per heavy atom. The van der Waals surface area contributed by atoms with Crippen LogP contribution in [-0.4, -0.2) is 9.13 Å². The van der Waals surface area contributed by atoms with Crippen LogP contribution in [0.15, 0.2) is 388 Å². The monoisotopic (exact) mass is 1250 g/mol. The van der Waals surface area contributed by atoms with Crippen LogP contribution in [0.2, 0.25) is 0 Å². The standard InChI is InChI=1S/C94H64N4/c1-9-31-65(32-10-1)71-43-29-49-75(59-71)95(77-55-57-83-87(61-77)97(73-45-21-7-22-46-73)93(69-39-17-5-18-40-69)91(83)67-35-13-3-14-36-67)89-63-85-80-52-26-28-54-82(80)90(64-86(85)79-51-25-27-53-81(79)89)96(76-50-30-44-72(60-76)66-33-11-2-12-34-66)78-56-58-84-88(62-78)98(74-47-23-8-24-48-74)94(70-41-19-6-20-42-70)92(84)68-37-15-4-16-38-68/h1-64H. The SMILES string of the molecule is c1ccc(-c2cccc(N(c3ccc4c(-c5ccccc5)c(-c5ccccc5)n(-c5ccccc5)c4c3)c3cc4c5ccccc5c(N(c5cccc(-c6ccccc6)c5)c5ccc6c(-c7ccccc7)c(-c7ccccc7)n(-c7ccccc7)c6c5)cc4c4ccccc34)c2)cc1. The average molecular weight is 1250 g/mol. The molecule has 0 atom stereocenters. The molecule has 0 amide bonds. The number of benzene rings is 16. The molecule has 0 saturated carbocycles. The Kier molecular flexibility index (Phi) is 14.5. The summed E-state index contributed by atoms with van der Waals surface area (Å²) in [6.07, 6.45) is 0. The molecule has 0 aliphatic heterocycles. The van der Waals surface area contributed by atoms with Crippen LogP contribution in [0.25, 0.3) is 133 Å². The van der Waals surface area contributed by atoms with Gasteiger partial charge in [-0.1, -0.05) is 303 Å². The van der Waals surface area contributed by atoms with E-state index in [0.29, 0.717) is 0 Å². The average Bonchev–Trinajstić information content (AvgIpc) is 1.26. The van der Waals surface area contributed by atoms with Gasteiger partial charge in [0.25, 0.3) is 0 Å². The molecule has 0 fully saturated rings. The lowest BCUT2D eigenvalue weighted by Gasteiger charge is -2.30. The Labute approximate surface area is 570 Å². The number of fused-ring (bicyclic) bond motifs is 7. The van der Waals surface area contributed by atoms with Gasteiger partial charge in [-0.15, -0.1) is 0 Å². The lowest BCUT2D eigenvalue weighted by molar-refractivity contribution is 1.13. The summed E-state index contributed by atoms with van der Waals surface area (Å²) in [4.78, 5) is 5.02. The Balaban J connectivity index is 0.909. The smallest absolute Gasteiger partial charge is 0.0619 e. The second-order valence-electron chi connectivity index (χ2n) is 25.1. The molecule has 16 aromatic carbocycles. The van der Waals surface area contributed by atoms with E-state index in [1.54, 1.807) is 0 Å². The molecule has 0 radical (unpaired) electrons. The van der Waals surface area contributed by atoms with Gasteiger partial charge in [0.1, 0.15) is 0 Å². The highest BCUT2D eigenvalue weighted by Crippen LogP contribution is 2.52. The quantitative estimate of drug-likeness (QED) is 0.101. The van der Waals surface area contributed by atoms with Gasteiger partial charge in [-0.25, -0.2) is 0 Å². The number of anilines is 6. The van der Waals surface area contributed by atoms with Gasteiger partial charge in [0, 0.05) is 66.8 Å². The summed E-state index contributed by atoms with van der Waals surface area (Å²) < 4.78 is 4.95. The van der Waals surface area contributed by atoms with Crippen molar-refractivity contribution in [2.75, 3.05) is 9.80 Å². The van der Waals surface area contributed by atoms with Gasteiger partial charge in [-0.3, -0.25) is 0 Å². The van der Waals surface area contributed by atoms with Crippen molar-refractivity contribution in [2.45, 2.75) is 0 Å². The van der Waals surface area contributed by atoms with E-state index in [1.165, 1.54) is 21.9 Å². The number of hydrogen-bond donors (Lipinski definition) is 0. The Bertz CT molecular complexity index is 5580. The maximum absolute atomic E-state index is 2.51. The van der Waals surface area contributed by atoms with Crippen molar-refractivity contribution < 1.29 is 0 Å². The molecule has 0 bridgehead atoms. The van der Waals surface area contributed by atoms with Gasteiger partial charge >= 0.3 is 0 Å². The molecule has 98 heavy (non-hydrogen) atoms. The fourth-order valence-corrected chi connectivity index (χ4v) is 15.1. The fourth-order valence-electron chi connectivity index (χ4n) is 15.1. The first-order chi connectivity index (χ1) is 48.7. The largest absolute Gasteiger partial charge is 0.310 e. The highest BCUT2D eigenvalue weighted by Gasteiger charge is 2.28. The Hall–Kier alpha value is -13.0. The van der Waals surface area contributed by atoms with Gasteiger partial charge in [0.2, 0.25) is 0 Å². The number of hydrogen-bond acceptors (Lipinski definition) is 2. The second kappa shape index (κ2) is 24.7. The molecule has 4 heteroatoms. The summed E-state index contributed by atoms with van der Waals surface area (Å²) >= 11 is 0. The van der Waals surface area contributed by atoms with E-state index < -0.39 is 0 Å². The summed E-state index contributed by atoms with van der Waals surface area (Å²) in [6, 6.07) is 142. The van der Waals surface area contributed by atoms with Gasteiger partial charge in [-0.2, -0.15) is 0 Å². The molecule has 4 nitrogen and oxygen atoms in total. The first kappa shape index (κ1) is 57.6. The van der Waals surface area contributed by atoms with Crippen molar-refractivity contribution in [1.82, 2.24) is 9.13 Å². The van der Waals surface area contributed by atoms with Gasteiger partial charge in [0.05, 0.1) is 33.8 Å². The minimum Gasteiger partial charge on any atom is -0.310 e. The third-order valence-corrected chi connectivity index (χ3v) is 19.4. The Morgan fingerprint density at radius 2 is 0.459 bits per heavy atom. The first-order valence-corrected chi connectivity index (χ1v) is 33.6. The lowest BCUT2D eigenvalue weighted by Crippen LogP contribution is -2.12. The molecule has 0 spiro atoms. The van der Waals surface area contributed by atoms with Crippen LogP contribution in [0.3, 0.4) is 0 Å². The Morgan fingerprint density at radius 3 is 0.816 bits per heavy atom. The third kappa shape index (κ3) is 10.1. The van der Waals surface area contributed by atoms with Crippen LogP contribution in [0.4, 0.5) is 34.1 Å². The van der Waals surface area contributed by atoms with Crippen LogP contribution < -0.4 is 9.80 Å². The van der Waals surface area contributed by atoms with Crippen molar-refractivity contribution in [3.8, 4) is 78.4 Å². The molecule has 0 aliphatic carbocycles. The zero-order valence-electron chi connectivity index (χ0n) is 53.7. The molecular weight excluding hydrogens is 1190 g/mol. The van der Waals surface area contributed by atoms with Crippen molar-refractivity contribution in [1.29, 1.82) is 0 Å². The van der Waals surface area contributed by atoms with E-state index in [2.05, 4.69) is 407 Å². The minimum absolute atomic E-state index is 1.04. The molecule has 0 aliphatic rings. The molecule has 0 N–H and O–H groups in total. The molecule has 0 saturated heterocycles. The van der Waals surface area contributed by atoms with Crippen molar-refractivity contribution in [3.63, 3.8) is 0 Å². The summed E-state index contributed by atoms with van der Waals surface area (Å²) in [5.41, 5.74) is 24.6. The maximum atomic E-state index is 2.51. The molecule has 2 aromatic heterocycles. The summed E-state index contributed by atoms with van der Waals surface area (Å²) in [6.45, 7) is 0. The predicted molar refractivity (Wildman–Crippen MR) is 415 cm³/mol. The number of nitrogens with zero attached hydrogens (tertiary/aromatic N) is 4. The van der Waals surface area contributed by atoms with Crippen LogP contribution in [0.1, 0.15) is 0 Å². The molecular formula is C94H64N4. The number of rotatable bonds is 14. The first-order valence-electron chi connectivity index (χ1n) is 33.6. The van der Waals surface area contributed by atoms with Crippen molar-refractivity contribution in [2.24, 2.45) is 0 Å². The summed E-state index contributed by atoms with van der Waals surface area (Å²) in [7, 11) is 0. The molecule has 18 rings (SSSR count). The molecule has 0 unspecified atom stereocenters. The predicted octanol–water partition coefficient (Wildman–Crippen LogP) is 26.0. The maximum Gasteiger partial charge on any atom is 0.0619 e. The summed E-state index contributed by atoms with van der Waals surface area (Å²) in [5, 5.41) is 9.19. The van der Waals surface area contributed by atoms with Gasteiger partial charge < -0.3 is 18.9 Å². The zero-order valence-corrected chi connectivity index (χ0v) is 53.7. The number of para-hydroxylation sites is 2. The van der Waals surface area contributed by atoms with Crippen LogP contribution in [-0.2, 0) is 0 Å². The fraction of sp³-hybridized carbons (Fsp3) is 0. The normalized spacial score (nSPS) is 11.5. The topological polar surface area (TPSA) is 16.3 Å². The third-order valence-electron chi connectivity index (χ3n) is 19.4. The van der Waals surface area contributed by atoms with E-state index in [0.717, 1.165) is 145 Å². The van der Waals surface area contributed by atoms with Crippen molar-refractivity contribution in [3.05, 3.63) is 388 Å². The van der Waals surface area contributed by atoms with Crippen LogP contribution in [0.5, 0.6) is 0 Å². The molecule has 18 aromatic rings. The van der Waals surface area contributed by atoms with Crippen LogP contribution >= 0.6 is 0 Å². The zero-order chi connectivity index (χ0) is 64.9. The van der Waals surface area contributed by atoms with Gasteiger partial charge in [0.15, 0.2) is 0 Å². The van der Waals surface area contributed by atoms with Crippen molar-refractivity contribution >= 4 is 88.2 Å². The molecule has 2 heterocycles. The minimum atomic E-state index is 1.04. The van der Waals surface area contributed by atoms with E-state index >= 15 is 0 Å². The molecule has 460 valence electrons. The number of aromatic nitrogens is 2. The lowest BCUT2D eigenvalue weighted by atomic mass is 9.93. The highest BCUT2D eigenvalue weighted by atomic mass is 15.2. The highest BCUT2D eigenvalue weighted by molar-refractivity contribution is 6.25. The van der Waals surface area contributed by atoms with E-state index in [-0.39, 0.29) is 0 Å². The van der Waals surface area contributed by atoms with Crippen LogP contribution in [0, 0.1) is 0 Å². The van der Waals surface area contributed by atoms with E-state index in [1.807, 2.05) is 0 Å². The van der Waals surface area contributed by atoms with Gasteiger partial charge in [-0.05, 0) is 151 Å². The summed E-state index contributed by atoms with van der Waals surface area (Å²) in [5.74, 6) is 0. The van der Waals surface area contributed by atoms with E-state index in [4.69, 9.17) is 0 Å². The second-order valence-corrected chi connectivity index (χ2v) is 25.1. The van der Waals surface area contributed by atoms with E-state index in [9.17, 15) is 0 Å².